The van der Waals surface area contributed by atoms with E-state index in [1.165, 1.54) is 6.07 Å². The Kier molecular flexibility index (Phi) is 4.55. The predicted octanol–water partition coefficient (Wildman–Crippen LogP) is 2.55. The number of benzene rings is 1. The topological polar surface area (TPSA) is 47.3 Å². The van der Waals surface area contributed by atoms with Gasteiger partial charge < -0.3 is 15.8 Å². The molecule has 1 aromatic rings. The van der Waals surface area contributed by atoms with Crippen LogP contribution in [0.15, 0.2) is 12.1 Å². The third-order valence-corrected chi connectivity index (χ3v) is 2.49. The summed E-state index contributed by atoms with van der Waals surface area (Å²) in [5, 5.41) is 3.24. The molecule has 0 aliphatic rings. The first-order valence-corrected chi connectivity index (χ1v) is 5.35. The number of methoxy groups -OCH3 is 1. The quantitative estimate of drug-likeness (QED) is 0.758. The standard InChI is InChI=1S/C12H19FN2O/c1-8-6-12(11(14)7-10(8)13)15-9(2)4-5-16-3/h6-7,9,15H,4-5,14H2,1-3H3. The number of hydrogen-bond donors (Lipinski definition) is 2. The highest BCUT2D eigenvalue weighted by molar-refractivity contribution is 5.67. The molecule has 4 heteroatoms. The van der Waals surface area contributed by atoms with E-state index >= 15 is 0 Å². The third kappa shape index (κ3) is 3.38. The van der Waals surface area contributed by atoms with Crippen LogP contribution in [0.25, 0.3) is 0 Å². The molecular weight excluding hydrogens is 207 g/mol. The van der Waals surface area contributed by atoms with Crippen molar-refractivity contribution in [3.05, 3.63) is 23.5 Å². The Bertz CT molecular complexity index is 355. The molecule has 0 saturated carbocycles. The summed E-state index contributed by atoms with van der Waals surface area (Å²) in [4.78, 5) is 0. The van der Waals surface area contributed by atoms with Crippen molar-refractivity contribution in [3.8, 4) is 0 Å². The highest BCUT2D eigenvalue weighted by atomic mass is 19.1. The Morgan fingerprint density at radius 3 is 2.81 bits per heavy atom. The number of nitrogens with two attached hydrogens (primary N) is 1. The number of nitrogen functional groups attached to an aromatic ring is 1. The van der Waals surface area contributed by atoms with E-state index in [1.54, 1.807) is 20.1 Å². The monoisotopic (exact) mass is 226 g/mol. The first kappa shape index (κ1) is 12.8. The van der Waals surface area contributed by atoms with Crippen LogP contribution in [0.2, 0.25) is 0 Å². The summed E-state index contributed by atoms with van der Waals surface area (Å²) in [6.07, 6.45) is 0.881. The molecular formula is C12H19FN2O. The molecule has 3 nitrogen and oxygen atoms in total. The lowest BCUT2D eigenvalue weighted by Crippen LogP contribution is -2.18. The normalized spacial score (nSPS) is 12.5. The SMILES string of the molecule is COCCC(C)Nc1cc(C)c(F)cc1N. The maximum absolute atomic E-state index is 13.2. The first-order chi connectivity index (χ1) is 7.54. The van der Waals surface area contributed by atoms with Gasteiger partial charge in [0.05, 0.1) is 11.4 Å². The van der Waals surface area contributed by atoms with Gasteiger partial charge in [0, 0.05) is 19.8 Å². The van der Waals surface area contributed by atoms with E-state index in [9.17, 15) is 4.39 Å². The van der Waals surface area contributed by atoms with Gasteiger partial charge in [0.1, 0.15) is 5.82 Å². The van der Waals surface area contributed by atoms with Gasteiger partial charge in [0.2, 0.25) is 0 Å². The van der Waals surface area contributed by atoms with Crippen molar-refractivity contribution in [2.75, 3.05) is 24.8 Å². The maximum Gasteiger partial charge on any atom is 0.128 e. The smallest absolute Gasteiger partial charge is 0.128 e. The molecule has 0 saturated heterocycles. The Balaban J connectivity index is 2.69. The molecule has 90 valence electrons. The van der Waals surface area contributed by atoms with Crippen LogP contribution in [0.3, 0.4) is 0 Å². The van der Waals surface area contributed by atoms with E-state index in [4.69, 9.17) is 10.5 Å². The summed E-state index contributed by atoms with van der Waals surface area (Å²) in [6.45, 7) is 4.45. The fourth-order valence-corrected chi connectivity index (χ4v) is 1.45. The van der Waals surface area contributed by atoms with Crippen molar-refractivity contribution >= 4 is 11.4 Å². The number of hydrogen-bond acceptors (Lipinski definition) is 3. The van der Waals surface area contributed by atoms with E-state index in [0.29, 0.717) is 17.9 Å². The zero-order valence-electron chi connectivity index (χ0n) is 10.0. The number of ether oxygens (including phenoxy) is 1. The molecule has 0 bridgehead atoms. The molecule has 1 atom stereocenters. The molecule has 0 fully saturated rings. The van der Waals surface area contributed by atoms with Gasteiger partial charge in [0.15, 0.2) is 0 Å². The zero-order valence-corrected chi connectivity index (χ0v) is 10.0. The molecule has 1 rings (SSSR count). The van der Waals surface area contributed by atoms with Gasteiger partial charge in [-0.3, -0.25) is 0 Å². The fraction of sp³-hybridized carbons (Fsp3) is 0.500. The minimum Gasteiger partial charge on any atom is -0.397 e. The summed E-state index contributed by atoms with van der Waals surface area (Å²) >= 11 is 0. The molecule has 0 aromatic heterocycles. The van der Waals surface area contributed by atoms with E-state index in [-0.39, 0.29) is 11.9 Å². The molecule has 3 N–H and O–H groups in total. The Hall–Kier alpha value is -1.29. The van der Waals surface area contributed by atoms with E-state index in [1.807, 2.05) is 6.92 Å². The Labute approximate surface area is 95.8 Å². The minimum absolute atomic E-state index is 0.243. The van der Waals surface area contributed by atoms with Crippen molar-refractivity contribution in [2.45, 2.75) is 26.3 Å². The van der Waals surface area contributed by atoms with Crippen LogP contribution in [0.1, 0.15) is 18.9 Å². The second-order valence-electron chi connectivity index (χ2n) is 4.02. The molecule has 0 spiro atoms. The van der Waals surface area contributed by atoms with Gasteiger partial charge in [-0.2, -0.15) is 0 Å². The van der Waals surface area contributed by atoms with E-state index in [2.05, 4.69) is 5.32 Å². The molecule has 0 radical (unpaired) electrons. The van der Waals surface area contributed by atoms with Crippen LogP contribution in [0.5, 0.6) is 0 Å². The average Bonchev–Trinajstić information content (AvgIpc) is 2.23. The first-order valence-electron chi connectivity index (χ1n) is 5.35. The summed E-state index contributed by atoms with van der Waals surface area (Å²) in [5.41, 5.74) is 7.54. The fourth-order valence-electron chi connectivity index (χ4n) is 1.45. The van der Waals surface area contributed by atoms with Gasteiger partial charge in [-0.1, -0.05) is 0 Å². The number of nitrogens with one attached hydrogen (secondary N) is 1. The molecule has 1 unspecified atom stereocenters. The summed E-state index contributed by atoms with van der Waals surface area (Å²) in [7, 11) is 1.67. The molecule has 0 amide bonds. The lowest BCUT2D eigenvalue weighted by atomic mass is 10.1. The highest BCUT2D eigenvalue weighted by Crippen LogP contribution is 2.23. The van der Waals surface area contributed by atoms with Crippen LogP contribution in [0.4, 0.5) is 15.8 Å². The number of aryl methyl sites for hydroxylation is 1. The largest absolute Gasteiger partial charge is 0.397 e. The molecule has 0 heterocycles. The van der Waals surface area contributed by atoms with Crippen molar-refractivity contribution in [1.82, 2.24) is 0 Å². The van der Waals surface area contributed by atoms with E-state index < -0.39 is 0 Å². The van der Waals surface area contributed by atoms with Crippen LogP contribution in [0, 0.1) is 12.7 Å². The van der Waals surface area contributed by atoms with Crippen LogP contribution < -0.4 is 11.1 Å². The van der Waals surface area contributed by atoms with Crippen LogP contribution in [-0.2, 0) is 4.74 Å². The second-order valence-corrected chi connectivity index (χ2v) is 4.02. The number of halogens is 1. The van der Waals surface area contributed by atoms with Gasteiger partial charge in [-0.05, 0) is 38.0 Å². The van der Waals surface area contributed by atoms with Crippen molar-refractivity contribution in [2.24, 2.45) is 0 Å². The van der Waals surface area contributed by atoms with Crippen molar-refractivity contribution in [1.29, 1.82) is 0 Å². The van der Waals surface area contributed by atoms with Gasteiger partial charge >= 0.3 is 0 Å². The molecule has 1 aromatic carbocycles. The number of rotatable bonds is 5. The summed E-state index contributed by atoms with van der Waals surface area (Å²) in [5.74, 6) is -0.271. The lowest BCUT2D eigenvalue weighted by Gasteiger charge is -2.17. The third-order valence-electron chi connectivity index (χ3n) is 2.49. The van der Waals surface area contributed by atoms with Crippen LogP contribution >= 0.6 is 0 Å². The molecule has 0 aliphatic carbocycles. The van der Waals surface area contributed by atoms with Gasteiger partial charge in [0.25, 0.3) is 0 Å². The molecule has 0 aliphatic heterocycles. The summed E-state index contributed by atoms with van der Waals surface area (Å²) in [6, 6.07) is 3.32. The van der Waals surface area contributed by atoms with Gasteiger partial charge in [-0.15, -0.1) is 0 Å². The van der Waals surface area contributed by atoms with Crippen molar-refractivity contribution in [3.63, 3.8) is 0 Å². The van der Waals surface area contributed by atoms with Crippen LogP contribution in [-0.4, -0.2) is 19.8 Å². The van der Waals surface area contributed by atoms with E-state index in [0.717, 1.165) is 12.1 Å². The lowest BCUT2D eigenvalue weighted by molar-refractivity contribution is 0.191. The Morgan fingerprint density at radius 2 is 2.19 bits per heavy atom. The Morgan fingerprint density at radius 1 is 1.50 bits per heavy atom. The zero-order chi connectivity index (χ0) is 12.1. The number of anilines is 2. The van der Waals surface area contributed by atoms with Crippen molar-refractivity contribution < 1.29 is 9.13 Å². The minimum atomic E-state index is -0.271. The second kappa shape index (κ2) is 5.70. The molecule has 16 heavy (non-hydrogen) atoms. The predicted molar refractivity (Wildman–Crippen MR) is 65.1 cm³/mol. The average molecular weight is 226 g/mol. The maximum atomic E-state index is 13.2. The van der Waals surface area contributed by atoms with Gasteiger partial charge in [-0.25, -0.2) is 4.39 Å². The highest BCUT2D eigenvalue weighted by Gasteiger charge is 2.07. The summed E-state index contributed by atoms with van der Waals surface area (Å²) < 4.78 is 18.2.